The van der Waals surface area contributed by atoms with E-state index in [2.05, 4.69) is 20.5 Å². The van der Waals surface area contributed by atoms with Crippen molar-refractivity contribution in [2.24, 2.45) is 0 Å². The summed E-state index contributed by atoms with van der Waals surface area (Å²) < 4.78 is 0. The topological polar surface area (TPSA) is 74.5 Å². The molecule has 5 nitrogen and oxygen atoms in total. The van der Waals surface area contributed by atoms with Gasteiger partial charge >= 0.3 is 0 Å². The van der Waals surface area contributed by atoms with Gasteiger partial charge in [-0.05, 0) is 25.0 Å². The Kier molecular flexibility index (Phi) is 3.00. The number of hydrogen-bond donors (Lipinski definition) is 1. The summed E-state index contributed by atoms with van der Waals surface area (Å²) in [6, 6.07) is 6.26. The van der Waals surface area contributed by atoms with Gasteiger partial charge in [-0.1, -0.05) is 11.3 Å². The minimum Gasteiger partial charge on any atom is -0.308 e. The van der Waals surface area contributed by atoms with Crippen LogP contribution in [0.4, 0.5) is 0 Å². The first-order chi connectivity index (χ1) is 8.85. The lowest BCUT2D eigenvalue weighted by Crippen LogP contribution is -2.14. The lowest BCUT2D eigenvalue weighted by molar-refractivity contribution is 0.679. The second-order valence-electron chi connectivity index (χ2n) is 4.20. The lowest BCUT2D eigenvalue weighted by Gasteiger charge is -1.96. The Labute approximate surface area is 109 Å². The third kappa shape index (κ3) is 2.53. The van der Waals surface area contributed by atoms with E-state index in [1.54, 1.807) is 18.3 Å². The summed E-state index contributed by atoms with van der Waals surface area (Å²) in [6.07, 6.45) is 4.09. The van der Waals surface area contributed by atoms with Gasteiger partial charge in [-0.2, -0.15) is 5.26 Å². The average Bonchev–Trinajstić information content (AvgIpc) is 3.14. The summed E-state index contributed by atoms with van der Waals surface area (Å²) >= 11 is 1.54. The standard InChI is InChI=1S/C12H11N5S/c13-5-8-1-4-10(15-6-8)12-17-16-11(18-12)7-14-9-2-3-9/h1,4,6,9,14H,2-3,7H2. The summed E-state index contributed by atoms with van der Waals surface area (Å²) in [5.41, 5.74) is 1.32. The zero-order valence-electron chi connectivity index (χ0n) is 9.63. The van der Waals surface area contributed by atoms with Crippen molar-refractivity contribution in [2.75, 3.05) is 0 Å². The highest BCUT2D eigenvalue weighted by Gasteiger charge is 2.20. The van der Waals surface area contributed by atoms with E-state index in [-0.39, 0.29) is 0 Å². The minimum atomic E-state index is 0.555. The van der Waals surface area contributed by atoms with E-state index in [1.165, 1.54) is 24.2 Å². The molecule has 3 rings (SSSR count). The molecule has 0 bridgehead atoms. The molecule has 2 heterocycles. The quantitative estimate of drug-likeness (QED) is 0.902. The van der Waals surface area contributed by atoms with Crippen LogP contribution in [0.2, 0.25) is 0 Å². The van der Waals surface area contributed by atoms with Gasteiger partial charge in [0.25, 0.3) is 0 Å². The van der Waals surface area contributed by atoms with Crippen molar-refractivity contribution < 1.29 is 0 Å². The molecule has 0 aliphatic heterocycles. The molecule has 0 atom stereocenters. The van der Waals surface area contributed by atoms with Gasteiger partial charge in [-0.3, -0.25) is 4.98 Å². The first kappa shape index (κ1) is 11.3. The summed E-state index contributed by atoms with van der Waals surface area (Å²) in [7, 11) is 0. The van der Waals surface area contributed by atoms with Crippen molar-refractivity contribution in [1.82, 2.24) is 20.5 Å². The van der Waals surface area contributed by atoms with Crippen molar-refractivity contribution >= 4 is 11.3 Å². The lowest BCUT2D eigenvalue weighted by atomic mass is 10.3. The third-order valence-corrected chi connectivity index (χ3v) is 3.64. The highest BCUT2D eigenvalue weighted by molar-refractivity contribution is 7.14. The Balaban J connectivity index is 1.72. The zero-order chi connectivity index (χ0) is 12.4. The second-order valence-corrected chi connectivity index (χ2v) is 5.26. The zero-order valence-corrected chi connectivity index (χ0v) is 10.4. The van der Waals surface area contributed by atoms with Crippen LogP contribution in [0.1, 0.15) is 23.4 Å². The molecule has 90 valence electrons. The largest absolute Gasteiger partial charge is 0.308 e. The van der Waals surface area contributed by atoms with E-state index in [0.717, 1.165) is 22.3 Å². The van der Waals surface area contributed by atoms with Gasteiger partial charge in [0.1, 0.15) is 16.8 Å². The van der Waals surface area contributed by atoms with E-state index in [1.807, 2.05) is 6.07 Å². The van der Waals surface area contributed by atoms with Gasteiger partial charge in [0.05, 0.1) is 5.56 Å². The molecule has 18 heavy (non-hydrogen) atoms. The highest BCUT2D eigenvalue weighted by atomic mass is 32.1. The van der Waals surface area contributed by atoms with E-state index in [9.17, 15) is 0 Å². The van der Waals surface area contributed by atoms with Crippen molar-refractivity contribution in [2.45, 2.75) is 25.4 Å². The molecular weight excluding hydrogens is 246 g/mol. The van der Waals surface area contributed by atoms with E-state index in [4.69, 9.17) is 5.26 Å². The molecule has 1 saturated carbocycles. The summed E-state index contributed by atoms with van der Waals surface area (Å²) in [6.45, 7) is 0.776. The number of nitriles is 1. The van der Waals surface area contributed by atoms with Gasteiger partial charge in [-0.15, -0.1) is 10.2 Å². The number of pyridine rings is 1. The summed E-state index contributed by atoms with van der Waals surface area (Å²) in [5, 5.41) is 22.1. The molecule has 1 N–H and O–H groups in total. The second kappa shape index (κ2) is 4.80. The molecule has 1 aliphatic rings. The van der Waals surface area contributed by atoms with Crippen LogP contribution in [0, 0.1) is 11.3 Å². The molecule has 0 saturated heterocycles. The molecule has 2 aromatic heterocycles. The van der Waals surface area contributed by atoms with Gasteiger partial charge in [0.2, 0.25) is 0 Å². The number of nitrogens with one attached hydrogen (secondary N) is 1. The Morgan fingerprint density at radius 3 is 2.94 bits per heavy atom. The Hall–Kier alpha value is -1.84. The fourth-order valence-corrected chi connectivity index (χ4v) is 2.30. The normalized spacial score (nSPS) is 14.4. The third-order valence-electron chi connectivity index (χ3n) is 2.70. The fourth-order valence-electron chi connectivity index (χ4n) is 1.53. The Bertz CT molecular complexity index is 579. The molecule has 1 fully saturated rings. The number of aromatic nitrogens is 3. The maximum absolute atomic E-state index is 8.71. The first-order valence-corrected chi connectivity index (χ1v) is 6.59. The van der Waals surface area contributed by atoms with Crippen LogP contribution in [0.25, 0.3) is 10.7 Å². The summed E-state index contributed by atoms with van der Waals surface area (Å²) in [5.74, 6) is 0. The molecule has 0 unspecified atom stereocenters. The van der Waals surface area contributed by atoms with Crippen molar-refractivity contribution in [1.29, 1.82) is 5.26 Å². The molecule has 2 aromatic rings. The van der Waals surface area contributed by atoms with Crippen LogP contribution < -0.4 is 5.32 Å². The first-order valence-electron chi connectivity index (χ1n) is 5.77. The minimum absolute atomic E-state index is 0.555. The SMILES string of the molecule is N#Cc1ccc(-c2nnc(CNC3CC3)s2)nc1. The van der Waals surface area contributed by atoms with Gasteiger partial charge in [-0.25, -0.2) is 0 Å². The number of nitrogens with zero attached hydrogens (tertiary/aromatic N) is 4. The average molecular weight is 257 g/mol. The summed E-state index contributed by atoms with van der Waals surface area (Å²) in [4.78, 5) is 4.21. The number of rotatable bonds is 4. The smallest absolute Gasteiger partial charge is 0.166 e. The van der Waals surface area contributed by atoms with Crippen LogP contribution in [0.3, 0.4) is 0 Å². The van der Waals surface area contributed by atoms with Crippen LogP contribution in [0.5, 0.6) is 0 Å². The number of hydrogen-bond acceptors (Lipinski definition) is 6. The van der Waals surface area contributed by atoms with Crippen molar-refractivity contribution in [3.05, 3.63) is 28.9 Å². The molecular formula is C12H11N5S. The molecule has 6 heteroatoms. The van der Waals surface area contributed by atoms with Crippen molar-refractivity contribution in [3.8, 4) is 16.8 Å². The van der Waals surface area contributed by atoms with Gasteiger partial charge < -0.3 is 5.32 Å². The molecule has 0 aromatic carbocycles. The predicted octanol–water partition coefficient (Wildman–Crippen LogP) is 1.72. The molecule has 0 amide bonds. The van der Waals surface area contributed by atoms with Crippen LogP contribution in [-0.2, 0) is 6.54 Å². The Morgan fingerprint density at radius 1 is 1.39 bits per heavy atom. The fraction of sp³-hybridized carbons (Fsp3) is 0.333. The Morgan fingerprint density at radius 2 is 2.28 bits per heavy atom. The van der Waals surface area contributed by atoms with E-state index in [0.29, 0.717) is 11.6 Å². The molecule has 1 aliphatic carbocycles. The van der Waals surface area contributed by atoms with E-state index < -0.39 is 0 Å². The van der Waals surface area contributed by atoms with Gasteiger partial charge in [0, 0.05) is 18.8 Å². The van der Waals surface area contributed by atoms with E-state index >= 15 is 0 Å². The van der Waals surface area contributed by atoms with Gasteiger partial charge in [0.15, 0.2) is 5.01 Å². The predicted molar refractivity (Wildman–Crippen MR) is 67.7 cm³/mol. The van der Waals surface area contributed by atoms with Crippen molar-refractivity contribution in [3.63, 3.8) is 0 Å². The molecule has 0 spiro atoms. The van der Waals surface area contributed by atoms with Crippen LogP contribution >= 0.6 is 11.3 Å². The van der Waals surface area contributed by atoms with Crippen LogP contribution in [0.15, 0.2) is 18.3 Å². The van der Waals surface area contributed by atoms with Crippen LogP contribution in [-0.4, -0.2) is 21.2 Å². The maximum Gasteiger partial charge on any atom is 0.166 e. The highest BCUT2D eigenvalue weighted by Crippen LogP contribution is 2.23. The monoisotopic (exact) mass is 257 g/mol. The maximum atomic E-state index is 8.71. The molecule has 0 radical (unpaired) electrons.